The molecule has 1 unspecified atom stereocenters. The Balaban J connectivity index is 2.23. The molecule has 1 aliphatic heterocycles. The SMILES string of the molecule is CNCC1CN(c2ccc(C)cc2)C(C)(C)CN1C. The van der Waals surface area contributed by atoms with Crippen molar-refractivity contribution in [1.29, 1.82) is 0 Å². The monoisotopic (exact) mass is 261 g/mol. The molecule has 0 aromatic heterocycles. The van der Waals surface area contributed by atoms with Gasteiger partial charge in [-0.15, -0.1) is 0 Å². The molecule has 106 valence electrons. The predicted molar refractivity (Wildman–Crippen MR) is 82.9 cm³/mol. The van der Waals surface area contributed by atoms with Gasteiger partial charge in [0, 0.05) is 36.9 Å². The highest BCUT2D eigenvalue weighted by Crippen LogP contribution is 2.29. The lowest BCUT2D eigenvalue weighted by Crippen LogP contribution is -2.64. The molecule has 1 fully saturated rings. The highest BCUT2D eigenvalue weighted by Gasteiger charge is 2.36. The number of nitrogens with one attached hydrogen (secondary N) is 1. The highest BCUT2D eigenvalue weighted by molar-refractivity contribution is 5.50. The second-order valence-corrected chi connectivity index (χ2v) is 6.39. The Morgan fingerprint density at radius 2 is 1.89 bits per heavy atom. The predicted octanol–water partition coefficient (Wildman–Crippen LogP) is 2.11. The largest absolute Gasteiger partial charge is 0.364 e. The zero-order valence-electron chi connectivity index (χ0n) is 12.9. The molecule has 1 aromatic rings. The third-order valence-electron chi connectivity index (χ3n) is 4.17. The van der Waals surface area contributed by atoms with Crippen molar-refractivity contribution in [2.45, 2.75) is 32.4 Å². The number of nitrogens with zero attached hydrogens (tertiary/aromatic N) is 2. The molecular formula is C16H27N3. The van der Waals surface area contributed by atoms with Crippen LogP contribution in [0.3, 0.4) is 0 Å². The highest BCUT2D eigenvalue weighted by atomic mass is 15.3. The molecule has 3 heteroatoms. The summed E-state index contributed by atoms with van der Waals surface area (Å²) in [6.45, 7) is 10.0. The molecule has 1 N–H and O–H groups in total. The number of piperazine rings is 1. The summed E-state index contributed by atoms with van der Waals surface area (Å²) in [5, 5.41) is 3.31. The van der Waals surface area contributed by atoms with E-state index in [1.807, 2.05) is 7.05 Å². The number of benzene rings is 1. The van der Waals surface area contributed by atoms with Gasteiger partial charge < -0.3 is 10.2 Å². The number of hydrogen-bond donors (Lipinski definition) is 1. The van der Waals surface area contributed by atoms with Crippen LogP contribution in [0, 0.1) is 6.92 Å². The number of hydrogen-bond acceptors (Lipinski definition) is 3. The average Bonchev–Trinajstić information content (AvgIpc) is 2.33. The van der Waals surface area contributed by atoms with E-state index in [1.165, 1.54) is 11.3 Å². The molecule has 1 atom stereocenters. The lowest BCUT2D eigenvalue weighted by Gasteiger charge is -2.51. The van der Waals surface area contributed by atoms with E-state index >= 15 is 0 Å². The maximum atomic E-state index is 3.31. The molecule has 1 aliphatic rings. The van der Waals surface area contributed by atoms with Gasteiger partial charge in [-0.1, -0.05) is 17.7 Å². The molecule has 0 spiro atoms. The van der Waals surface area contributed by atoms with E-state index in [-0.39, 0.29) is 5.54 Å². The summed E-state index contributed by atoms with van der Waals surface area (Å²) in [6, 6.07) is 9.48. The van der Waals surface area contributed by atoms with E-state index in [2.05, 4.69) is 67.2 Å². The van der Waals surface area contributed by atoms with Crippen molar-refractivity contribution in [2.24, 2.45) is 0 Å². The lowest BCUT2D eigenvalue weighted by molar-refractivity contribution is 0.150. The van der Waals surface area contributed by atoms with Gasteiger partial charge in [0.2, 0.25) is 0 Å². The molecule has 1 heterocycles. The summed E-state index contributed by atoms with van der Waals surface area (Å²) in [5.41, 5.74) is 2.83. The van der Waals surface area contributed by atoms with Gasteiger partial charge in [0.15, 0.2) is 0 Å². The Bertz CT molecular complexity index is 411. The Morgan fingerprint density at radius 1 is 1.26 bits per heavy atom. The summed E-state index contributed by atoms with van der Waals surface area (Å²) in [4.78, 5) is 5.02. The van der Waals surface area contributed by atoms with Crippen LogP contribution < -0.4 is 10.2 Å². The van der Waals surface area contributed by atoms with Crippen LogP contribution >= 0.6 is 0 Å². The first-order valence-electron chi connectivity index (χ1n) is 7.13. The fourth-order valence-corrected chi connectivity index (χ4v) is 3.06. The van der Waals surface area contributed by atoms with Crippen molar-refractivity contribution in [3.05, 3.63) is 29.8 Å². The minimum Gasteiger partial charge on any atom is -0.364 e. The van der Waals surface area contributed by atoms with Crippen LogP contribution in [-0.4, -0.2) is 50.2 Å². The van der Waals surface area contributed by atoms with Gasteiger partial charge in [0.25, 0.3) is 0 Å². The fraction of sp³-hybridized carbons (Fsp3) is 0.625. The van der Waals surface area contributed by atoms with E-state index < -0.39 is 0 Å². The Morgan fingerprint density at radius 3 is 2.47 bits per heavy atom. The van der Waals surface area contributed by atoms with Gasteiger partial charge in [0.1, 0.15) is 0 Å². The summed E-state index contributed by atoms with van der Waals surface area (Å²) >= 11 is 0. The van der Waals surface area contributed by atoms with Crippen LogP contribution in [0.1, 0.15) is 19.4 Å². The first-order valence-corrected chi connectivity index (χ1v) is 7.13. The maximum Gasteiger partial charge on any atom is 0.0473 e. The first kappa shape index (κ1) is 14.4. The van der Waals surface area contributed by atoms with Gasteiger partial charge >= 0.3 is 0 Å². The van der Waals surface area contributed by atoms with Crippen LogP contribution in [0.2, 0.25) is 0 Å². The number of rotatable bonds is 3. The van der Waals surface area contributed by atoms with Crippen LogP contribution in [0.5, 0.6) is 0 Å². The summed E-state index contributed by atoms with van der Waals surface area (Å²) in [6.07, 6.45) is 0. The van der Waals surface area contributed by atoms with Crippen LogP contribution in [0.4, 0.5) is 5.69 Å². The third kappa shape index (κ3) is 3.10. The first-order chi connectivity index (χ1) is 8.94. The molecule has 3 nitrogen and oxygen atoms in total. The van der Waals surface area contributed by atoms with Crippen LogP contribution in [-0.2, 0) is 0 Å². The van der Waals surface area contributed by atoms with Crippen LogP contribution in [0.25, 0.3) is 0 Å². The molecule has 1 saturated heterocycles. The second kappa shape index (κ2) is 5.51. The molecule has 0 bridgehead atoms. The number of aryl methyl sites for hydroxylation is 1. The smallest absolute Gasteiger partial charge is 0.0473 e. The normalized spacial score (nSPS) is 23.6. The summed E-state index contributed by atoms with van der Waals surface area (Å²) in [7, 11) is 4.26. The van der Waals surface area contributed by atoms with Gasteiger partial charge in [-0.25, -0.2) is 0 Å². The van der Waals surface area contributed by atoms with Crippen molar-refractivity contribution in [3.8, 4) is 0 Å². The van der Waals surface area contributed by atoms with Crippen molar-refractivity contribution >= 4 is 5.69 Å². The molecule has 0 saturated carbocycles. The Hall–Kier alpha value is -1.06. The molecule has 0 radical (unpaired) electrons. The summed E-state index contributed by atoms with van der Waals surface area (Å²) in [5.74, 6) is 0. The number of anilines is 1. The van der Waals surface area contributed by atoms with Gasteiger partial charge in [-0.3, -0.25) is 4.90 Å². The molecule has 0 aliphatic carbocycles. The van der Waals surface area contributed by atoms with Gasteiger partial charge in [0.05, 0.1) is 0 Å². The lowest BCUT2D eigenvalue weighted by atomic mass is 9.94. The molecule has 19 heavy (non-hydrogen) atoms. The van der Waals surface area contributed by atoms with Gasteiger partial charge in [-0.05, 0) is 47.0 Å². The molecule has 2 rings (SSSR count). The zero-order chi connectivity index (χ0) is 14.0. The van der Waals surface area contributed by atoms with E-state index in [0.717, 1.165) is 19.6 Å². The summed E-state index contributed by atoms with van der Waals surface area (Å²) < 4.78 is 0. The van der Waals surface area contributed by atoms with E-state index in [4.69, 9.17) is 0 Å². The van der Waals surface area contributed by atoms with Crippen LogP contribution in [0.15, 0.2) is 24.3 Å². The fourth-order valence-electron chi connectivity index (χ4n) is 3.06. The zero-order valence-corrected chi connectivity index (χ0v) is 12.9. The van der Waals surface area contributed by atoms with Crippen molar-refractivity contribution < 1.29 is 0 Å². The molecule has 1 aromatic carbocycles. The van der Waals surface area contributed by atoms with E-state index in [9.17, 15) is 0 Å². The topological polar surface area (TPSA) is 18.5 Å². The molecule has 0 amide bonds. The Kier molecular flexibility index (Phi) is 4.16. The second-order valence-electron chi connectivity index (χ2n) is 6.39. The maximum absolute atomic E-state index is 3.31. The quantitative estimate of drug-likeness (QED) is 0.899. The minimum atomic E-state index is 0.175. The van der Waals surface area contributed by atoms with Crippen molar-refractivity contribution in [2.75, 3.05) is 38.6 Å². The molecular weight excluding hydrogens is 234 g/mol. The van der Waals surface area contributed by atoms with Crippen molar-refractivity contribution in [3.63, 3.8) is 0 Å². The van der Waals surface area contributed by atoms with E-state index in [0.29, 0.717) is 6.04 Å². The number of likely N-dealkylation sites (N-methyl/N-ethyl adjacent to an activating group) is 2. The third-order valence-corrected chi connectivity index (χ3v) is 4.17. The standard InChI is InChI=1S/C16H27N3/c1-13-6-8-14(9-7-13)19-11-15(10-17-4)18(5)12-16(19,2)3/h6-9,15,17H,10-12H2,1-5H3. The average molecular weight is 261 g/mol. The van der Waals surface area contributed by atoms with Gasteiger partial charge in [-0.2, -0.15) is 0 Å². The van der Waals surface area contributed by atoms with E-state index in [1.54, 1.807) is 0 Å². The minimum absolute atomic E-state index is 0.175. The van der Waals surface area contributed by atoms with Crippen molar-refractivity contribution in [1.82, 2.24) is 10.2 Å². The Labute approximate surface area is 117 Å².